The average molecular weight is 400 g/mol. The van der Waals surface area contributed by atoms with Crippen LogP contribution in [-0.4, -0.2) is 30.4 Å². The highest BCUT2D eigenvalue weighted by Crippen LogP contribution is 2.39. The lowest BCUT2D eigenvalue weighted by Crippen LogP contribution is -2.30. The predicted molar refractivity (Wildman–Crippen MR) is 110 cm³/mol. The number of benzene rings is 2. The first kappa shape index (κ1) is 18.9. The average Bonchev–Trinajstić information content (AvgIpc) is 2.94. The van der Waals surface area contributed by atoms with Gasteiger partial charge in [0.25, 0.3) is 11.8 Å². The van der Waals surface area contributed by atoms with E-state index in [2.05, 4.69) is 0 Å². The zero-order chi connectivity index (χ0) is 19.6. The topological polar surface area (TPSA) is 81.9 Å². The molecule has 0 spiro atoms. The van der Waals surface area contributed by atoms with Crippen molar-refractivity contribution in [2.24, 2.45) is 5.73 Å². The van der Waals surface area contributed by atoms with Crippen LogP contribution in [0.4, 0.5) is 5.69 Å². The van der Waals surface area contributed by atoms with Crippen molar-refractivity contribution in [3.05, 3.63) is 58.5 Å². The molecular formula is C19H16N2O4S2. The Morgan fingerprint density at radius 1 is 1.15 bits per heavy atom. The van der Waals surface area contributed by atoms with E-state index in [1.54, 1.807) is 49.6 Å². The van der Waals surface area contributed by atoms with Crippen molar-refractivity contribution in [3.63, 3.8) is 0 Å². The molecule has 0 unspecified atom stereocenters. The Morgan fingerprint density at radius 3 is 2.56 bits per heavy atom. The molecule has 0 aromatic heterocycles. The van der Waals surface area contributed by atoms with Crippen molar-refractivity contribution in [1.29, 1.82) is 0 Å². The van der Waals surface area contributed by atoms with Gasteiger partial charge in [-0.1, -0.05) is 48.2 Å². The number of nitrogens with two attached hydrogens (primary N) is 1. The van der Waals surface area contributed by atoms with E-state index in [-0.39, 0.29) is 11.5 Å². The van der Waals surface area contributed by atoms with Gasteiger partial charge in [0.2, 0.25) is 0 Å². The number of ether oxygens (including phenoxy) is 2. The lowest BCUT2D eigenvalue weighted by atomic mass is 10.1. The van der Waals surface area contributed by atoms with Crippen molar-refractivity contribution in [2.45, 2.75) is 0 Å². The molecule has 1 heterocycles. The number of carbonyl (C=O) groups is 2. The Bertz CT molecular complexity index is 972. The quantitative estimate of drug-likeness (QED) is 0.613. The molecule has 27 heavy (non-hydrogen) atoms. The minimum atomic E-state index is -0.627. The maximum absolute atomic E-state index is 13.0. The molecule has 2 aromatic carbocycles. The van der Waals surface area contributed by atoms with E-state index in [1.165, 1.54) is 12.0 Å². The molecule has 1 aliphatic rings. The van der Waals surface area contributed by atoms with Gasteiger partial charge in [-0.3, -0.25) is 14.5 Å². The molecule has 8 heteroatoms. The van der Waals surface area contributed by atoms with Crippen molar-refractivity contribution >= 4 is 51.9 Å². The van der Waals surface area contributed by atoms with Crippen LogP contribution in [0.5, 0.6) is 11.5 Å². The Kier molecular flexibility index (Phi) is 5.48. The van der Waals surface area contributed by atoms with E-state index in [0.29, 0.717) is 32.0 Å². The first-order valence-corrected chi connectivity index (χ1v) is 9.08. The number of thiocarbonyl (C=S) groups is 1. The van der Waals surface area contributed by atoms with Crippen molar-refractivity contribution in [3.8, 4) is 11.5 Å². The summed E-state index contributed by atoms with van der Waals surface area (Å²) in [6.07, 6.45) is 1.69. The van der Waals surface area contributed by atoms with Gasteiger partial charge in [0.05, 0.1) is 30.4 Å². The minimum absolute atomic E-state index is 0.231. The molecule has 1 fully saturated rings. The van der Waals surface area contributed by atoms with Crippen LogP contribution >= 0.6 is 24.0 Å². The number of amides is 2. The second-order valence-corrected chi connectivity index (χ2v) is 7.16. The molecule has 2 amide bonds. The SMILES string of the molecule is COc1cccc(/C=C2\SC(=S)N(c3ccccc3C(N)=O)C2=O)c1OC. The van der Waals surface area contributed by atoms with E-state index in [1.807, 2.05) is 6.07 Å². The summed E-state index contributed by atoms with van der Waals surface area (Å²) < 4.78 is 11.0. The highest BCUT2D eigenvalue weighted by molar-refractivity contribution is 8.27. The normalized spacial score (nSPS) is 15.3. The number of nitrogens with zero attached hydrogens (tertiary/aromatic N) is 1. The van der Waals surface area contributed by atoms with E-state index >= 15 is 0 Å². The monoisotopic (exact) mass is 400 g/mol. The van der Waals surface area contributed by atoms with E-state index in [0.717, 1.165) is 11.8 Å². The zero-order valence-corrected chi connectivity index (χ0v) is 16.2. The van der Waals surface area contributed by atoms with Crippen LogP contribution in [0.3, 0.4) is 0 Å². The molecule has 1 aliphatic heterocycles. The summed E-state index contributed by atoms with van der Waals surface area (Å²) in [4.78, 5) is 26.4. The van der Waals surface area contributed by atoms with Crippen LogP contribution in [0, 0.1) is 0 Å². The predicted octanol–water partition coefficient (Wildman–Crippen LogP) is 3.21. The molecule has 0 saturated carbocycles. The number of hydrogen-bond acceptors (Lipinski definition) is 6. The number of hydrogen-bond donors (Lipinski definition) is 1. The smallest absolute Gasteiger partial charge is 0.270 e. The van der Waals surface area contributed by atoms with Gasteiger partial charge in [-0.15, -0.1) is 0 Å². The van der Waals surface area contributed by atoms with E-state index in [4.69, 9.17) is 27.4 Å². The Labute approximate surface area is 165 Å². The van der Waals surface area contributed by atoms with Gasteiger partial charge in [-0.2, -0.15) is 0 Å². The fraction of sp³-hybridized carbons (Fsp3) is 0.105. The third-order valence-electron chi connectivity index (χ3n) is 3.92. The second kappa shape index (κ2) is 7.81. The van der Waals surface area contributed by atoms with Crippen LogP contribution in [0.15, 0.2) is 47.4 Å². The molecule has 2 aromatic rings. The minimum Gasteiger partial charge on any atom is -0.493 e. The number of primary amides is 1. The van der Waals surface area contributed by atoms with Crippen LogP contribution < -0.4 is 20.1 Å². The van der Waals surface area contributed by atoms with Gasteiger partial charge in [-0.25, -0.2) is 0 Å². The van der Waals surface area contributed by atoms with E-state index < -0.39 is 5.91 Å². The molecule has 1 saturated heterocycles. The molecule has 0 bridgehead atoms. The summed E-state index contributed by atoms with van der Waals surface area (Å²) >= 11 is 6.51. The third kappa shape index (κ3) is 3.54. The molecule has 0 atom stereocenters. The fourth-order valence-corrected chi connectivity index (χ4v) is 4.00. The first-order valence-electron chi connectivity index (χ1n) is 7.85. The lowest BCUT2D eigenvalue weighted by molar-refractivity contribution is -0.113. The molecular weight excluding hydrogens is 384 g/mol. The van der Waals surface area contributed by atoms with Crippen LogP contribution in [-0.2, 0) is 4.79 Å². The number of methoxy groups -OCH3 is 2. The van der Waals surface area contributed by atoms with E-state index in [9.17, 15) is 9.59 Å². The maximum Gasteiger partial charge on any atom is 0.270 e. The first-order chi connectivity index (χ1) is 13.0. The maximum atomic E-state index is 13.0. The number of rotatable bonds is 5. The van der Waals surface area contributed by atoms with Crippen molar-refractivity contribution < 1.29 is 19.1 Å². The third-order valence-corrected chi connectivity index (χ3v) is 5.23. The van der Waals surface area contributed by atoms with Crippen LogP contribution in [0.1, 0.15) is 15.9 Å². The van der Waals surface area contributed by atoms with Gasteiger partial charge in [0.15, 0.2) is 15.8 Å². The molecule has 0 aliphatic carbocycles. The largest absolute Gasteiger partial charge is 0.493 e. The van der Waals surface area contributed by atoms with Crippen molar-refractivity contribution in [1.82, 2.24) is 0 Å². The van der Waals surface area contributed by atoms with Crippen molar-refractivity contribution in [2.75, 3.05) is 19.1 Å². The van der Waals surface area contributed by atoms with Gasteiger partial charge >= 0.3 is 0 Å². The van der Waals surface area contributed by atoms with Gasteiger partial charge in [0.1, 0.15) is 0 Å². The standard InChI is InChI=1S/C19H16N2O4S2/c1-24-14-9-5-6-11(16(14)25-2)10-15-18(23)21(19(26)27-15)13-8-4-3-7-12(13)17(20)22/h3-10H,1-2H3,(H2,20,22)/b15-10-. The molecule has 6 nitrogen and oxygen atoms in total. The van der Waals surface area contributed by atoms with Gasteiger partial charge < -0.3 is 15.2 Å². The summed E-state index contributed by atoms with van der Waals surface area (Å²) in [6.45, 7) is 0. The number of thioether (sulfide) groups is 1. The zero-order valence-electron chi connectivity index (χ0n) is 14.6. The Morgan fingerprint density at radius 2 is 1.89 bits per heavy atom. The molecule has 2 N–H and O–H groups in total. The Hall–Kier alpha value is -2.84. The van der Waals surface area contributed by atoms with Crippen LogP contribution in [0.2, 0.25) is 0 Å². The summed E-state index contributed by atoms with van der Waals surface area (Å²) in [5.41, 5.74) is 6.71. The summed E-state index contributed by atoms with van der Waals surface area (Å²) in [7, 11) is 3.07. The number of anilines is 1. The second-order valence-electron chi connectivity index (χ2n) is 5.48. The number of carbonyl (C=O) groups excluding carboxylic acids is 2. The fourth-order valence-electron chi connectivity index (χ4n) is 2.72. The van der Waals surface area contributed by atoms with Crippen LogP contribution in [0.25, 0.3) is 6.08 Å². The molecule has 3 rings (SSSR count). The number of para-hydroxylation sites is 2. The summed E-state index contributed by atoms with van der Waals surface area (Å²) in [5.74, 6) is 0.116. The molecule has 0 radical (unpaired) electrons. The lowest BCUT2D eigenvalue weighted by Gasteiger charge is -2.17. The summed E-state index contributed by atoms with van der Waals surface area (Å²) in [5, 5.41) is 0. The highest BCUT2D eigenvalue weighted by Gasteiger charge is 2.35. The summed E-state index contributed by atoms with van der Waals surface area (Å²) in [6, 6.07) is 12.0. The van der Waals surface area contributed by atoms with Gasteiger partial charge in [-0.05, 0) is 24.3 Å². The van der Waals surface area contributed by atoms with Gasteiger partial charge in [0, 0.05) is 5.56 Å². The highest BCUT2D eigenvalue weighted by atomic mass is 32.2. The molecule has 138 valence electrons. The Balaban J connectivity index is 2.03.